The molecular formula is C21H21N5O2. The zero-order valence-corrected chi connectivity index (χ0v) is 15.9. The van der Waals surface area contributed by atoms with E-state index in [9.17, 15) is 4.79 Å². The van der Waals surface area contributed by atoms with E-state index in [0.717, 1.165) is 22.4 Å². The molecule has 0 fully saturated rings. The van der Waals surface area contributed by atoms with Gasteiger partial charge in [0.05, 0.1) is 12.7 Å². The minimum atomic E-state index is -0.486. The first kappa shape index (κ1) is 17.8. The summed E-state index contributed by atoms with van der Waals surface area (Å²) in [5, 5.41) is 7.86. The van der Waals surface area contributed by atoms with Crippen LogP contribution in [0, 0.1) is 6.92 Å². The molecule has 0 spiro atoms. The van der Waals surface area contributed by atoms with Gasteiger partial charge in [0, 0.05) is 11.3 Å². The highest BCUT2D eigenvalue weighted by Gasteiger charge is 2.33. The lowest BCUT2D eigenvalue weighted by atomic mass is 9.94. The predicted octanol–water partition coefficient (Wildman–Crippen LogP) is 3.04. The molecule has 0 aliphatic carbocycles. The highest BCUT2D eigenvalue weighted by molar-refractivity contribution is 5.95. The molecule has 2 heterocycles. The number of hydrogen-bond acceptors (Lipinski definition) is 5. The van der Waals surface area contributed by atoms with E-state index in [1.165, 1.54) is 0 Å². The van der Waals surface area contributed by atoms with Crippen molar-refractivity contribution in [1.82, 2.24) is 14.8 Å². The van der Waals surface area contributed by atoms with Crippen molar-refractivity contribution < 1.29 is 9.53 Å². The molecule has 28 heavy (non-hydrogen) atoms. The van der Waals surface area contributed by atoms with Crippen LogP contribution in [0.1, 0.15) is 24.1 Å². The van der Waals surface area contributed by atoms with Crippen molar-refractivity contribution in [2.45, 2.75) is 19.9 Å². The molecule has 3 N–H and O–H groups in total. The van der Waals surface area contributed by atoms with Crippen molar-refractivity contribution >= 4 is 11.9 Å². The second-order valence-electron chi connectivity index (χ2n) is 6.78. The Morgan fingerprint density at radius 1 is 1.18 bits per heavy atom. The summed E-state index contributed by atoms with van der Waals surface area (Å²) in [5.74, 6) is 1.34. The van der Waals surface area contributed by atoms with Crippen molar-refractivity contribution in [2.75, 3.05) is 12.4 Å². The van der Waals surface area contributed by atoms with Gasteiger partial charge in [0.25, 0.3) is 0 Å². The lowest BCUT2D eigenvalue weighted by Gasteiger charge is -2.27. The Morgan fingerprint density at radius 2 is 1.96 bits per heavy atom. The largest absolute Gasteiger partial charge is 0.497 e. The third-order valence-corrected chi connectivity index (χ3v) is 4.80. The lowest BCUT2D eigenvalue weighted by molar-refractivity contribution is -0.115. The van der Waals surface area contributed by atoms with Crippen molar-refractivity contribution in [3.8, 4) is 17.1 Å². The number of anilines is 1. The number of hydrogen-bond donors (Lipinski definition) is 2. The average molecular weight is 375 g/mol. The second kappa shape index (κ2) is 6.84. The number of ether oxygens (including phenoxy) is 1. The number of nitrogens with two attached hydrogens (primary N) is 1. The molecule has 1 aromatic heterocycles. The van der Waals surface area contributed by atoms with Crippen molar-refractivity contribution in [2.24, 2.45) is 5.73 Å². The van der Waals surface area contributed by atoms with Gasteiger partial charge in [-0.2, -0.15) is 4.98 Å². The Morgan fingerprint density at radius 3 is 2.68 bits per heavy atom. The van der Waals surface area contributed by atoms with Gasteiger partial charge in [0.1, 0.15) is 11.8 Å². The third-order valence-electron chi connectivity index (χ3n) is 4.80. The number of carbonyl (C=O) groups excluding carboxylic acids is 1. The summed E-state index contributed by atoms with van der Waals surface area (Å²) in [6.45, 7) is 3.83. The number of fused-ring (bicyclic) bond motifs is 1. The van der Waals surface area contributed by atoms with Gasteiger partial charge in [0.2, 0.25) is 11.9 Å². The molecule has 0 bridgehead atoms. The summed E-state index contributed by atoms with van der Waals surface area (Å²) in [6, 6.07) is 15.1. The normalized spacial score (nSPS) is 15.8. The van der Waals surface area contributed by atoms with Gasteiger partial charge in [-0.25, -0.2) is 4.68 Å². The first-order valence-corrected chi connectivity index (χ1v) is 8.93. The van der Waals surface area contributed by atoms with E-state index in [-0.39, 0.29) is 0 Å². The summed E-state index contributed by atoms with van der Waals surface area (Å²) in [5.41, 5.74) is 9.71. The molecule has 7 heteroatoms. The van der Waals surface area contributed by atoms with E-state index in [1.807, 2.05) is 62.4 Å². The van der Waals surface area contributed by atoms with E-state index in [2.05, 4.69) is 10.3 Å². The van der Waals surface area contributed by atoms with E-state index in [4.69, 9.17) is 15.6 Å². The van der Waals surface area contributed by atoms with Crippen LogP contribution in [0.5, 0.6) is 5.75 Å². The fourth-order valence-corrected chi connectivity index (χ4v) is 3.50. The molecule has 142 valence electrons. The standard InChI is InChI=1S/C21H21N5O2/c1-12-6-4-7-14(10-12)18-17(19(22)27)13(2)23-21-24-20(25-26(18)21)15-8-5-9-16(11-15)28-3/h4-11,18H,1-3H3,(H2,22,27)(H,23,24,25). The molecule has 1 atom stereocenters. The van der Waals surface area contributed by atoms with Crippen molar-refractivity contribution in [3.63, 3.8) is 0 Å². The summed E-state index contributed by atoms with van der Waals surface area (Å²) < 4.78 is 7.02. The van der Waals surface area contributed by atoms with E-state index >= 15 is 0 Å². The fraction of sp³-hybridized carbons (Fsp3) is 0.190. The van der Waals surface area contributed by atoms with Crippen LogP contribution >= 0.6 is 0 Å². The zero-order chi connectivity index (χ0) is 19.8. The van der Waals surface area contributed by atoms with Crippen LogP contribution in [0.15, 0.2) is 59.8 Å². The Labute approximate surface area is 162 Å². The summed E-state index contributed by atoms with van der Waals surface area (Å²) in [4.78, 5) is 16.9. The number of allylic oxidation sites excluding steroid dienone is 1. The van der Waals surface area contributed by atoms with Crippen LogP contribution < -0.4 is 15.8 Å². The number of carbonyl (C=O) groups is 1. The minimum absolute atomic E-state index is 0.444. The highest BCUT2D eigenvalue weighted by Crippen LogP contribution is 2.36. The van der Waals surface area contributed by atoms with Crippen molar-refractivity contribution in [3.05, 3.63) is 70.9 Å². The maximum Gasteiger partial charge on any atom is 0.248 e. The topological polar surface area (TPSA) is 95.1 Å². The van der Waals surface area contributed by atoms with Gasteiger partial charge < -0.3 is 15.8 Å². The second-order valence-corrected chi connectivity index (χ2v) is 6.78. The molecule has 2 aromatic carbocycles. The quantitative estimate of drug-likeness (QED) is 0.731. The maximum absolute atomic E-state index is 12.2. The Bertz CT molecular complexity index is 1100. The number of benzene rings is 2. The number of methoxy groups -OCH3 is 1. The molecule has 3 aromatic rings. The molecular weight excluding hydrogens is 354 g/mol. The molecule has 7 nitrogen and oxygen atoms in total. The van der Waals surface area contributed by atoms with Gasteiger partial charge in [-0.1, -0.05) is 42.0 Å². The van der Waals surface area contributed by atoms with E-state index in [1.54, 1.807) is 11.8 Å². The first-order valence-electron chi connectivity index (χ1n) is 8.93. The molecule has 4 rings (SSSR count). The molecule has 0 saturated heterocycles. The first-order chi connectivity index (χ1) is 13.5. The predicted molar refractivity (Wildman–Crippen MR) is 107 cm³/mol. The van der Waals surface area contributed by atoms with Crippen LogP contribution in [0.4, 0.5) is 5.95 Å². The van der Waals surface area contributed by atoms with Crippen LogP contribution in [0.2, 0.25) is 0 Å². The number of nitrogens with one attached hydrogen (secondary N) is 1. The number of aromatic nitrogens is 3. The average Bonchev–Trinajstić information content (AvgIpc) is 3.10. The van der Waals surface area contributed by atoms with E-state index < -0.39 is 11.9 Å². The van der Waals surface area contributed by atoms with Gasteiger partial charge in [-0.05, 0) is 31.5 Å². The lowest BCUT2D eigenvalue weighted by Crippen LogP contribution is -2.31. The number of amides is 1. The van der Waals surface area contributed by atoms with Gasteiger partial charge >= 0.3 is 0 Å². The van der Waals surface area contributed by atoms with Gasteiger partial charge in [0.15, 0.2) is 5.82 Å². The Hall–Kier alpha value is -3.61. The SMILES string of the molecule is COc1cccc(-c2nc3n(n2)C(c2cccc(C)c2)C(C(N)=O)=C(C)N3)c1. The number of aryl methyl sites for hydroxylation is 1. The Balaban J connectivity index is 1.88. The van der Waals surface area contributed by atoms with Crippen LogP contribution in [0.25, 0.3) is 11.4 Å². The minimum Gasteiger partial charge on any atom is -0.497 e. The zero-order valence-electron chi connectivity index (χ0n) is 15.9. The third kappa shape index (κ3) is 3.00. The maximum atomic E-state index is 12.2. The summed E-state index contributed by atoms with van der Waals surface area (Å²) in [6.07, 6.45) is 0. The molecule has 0 radical (unpaired) electrons. The molecule has 0 saturated carbocycles. The fourth-order valence-electron chi connectivity index (χ4n) is 3.50. The van der Waals surface area contributed by atoms with Gasteiger partial charge in [-0.15, -0.1) is 5.10 Å². The molecule has 1 amide bonds. The van der Waals surface area contributed by atoms with E-state index in [0.29, 0.717) is 23.0 Å². The highest BCUT2D eigenvalue weighted by atomic mass is 16.5. The smallest absolute Gasteiger partial charge is 0.248 e. The van der Waals surface area contributed by atoms with Gasteiger partial charge in [-0.3, -0.25) is 4.79 Å². The van der Waals surface area contributed by atoms with Crippen LogP contribution in [-0.4, -0.2) is 27.8 Å². The Kier molecular flexibility index (Phi) is 4.35. The van der Waals surface area contributed by atoms with Crippen LogP contribution in [-0.2, 0) is 4.79 Å². The number of nitrogens with zero attached hydrogens (tertiary/aromatic N) is 3. The number of primary amides is 1. The number of rotatable bonds is 4. The summed E-state index contributed by atoms with van der Waals surface area (Å²) >= 11 is 0. The molecule has 1 unspecified atom stereocenters. The molecule has 1 aliphatic rings. The van der Waals surface area contributed by atoms with Crippen molar-refractivity contribution in [1.29, 1.82) is 0 Å². The summed E-state index contributed by atoms with van der Waals surface area (Å²) in [7, 11) is 1.62. The monoisotopic (exact) mass is 375 g/mol. The molecule has 1 aliphatic heterocycles. The van der Waals surface area contributed by atoms with Crippen LogP contribution in [0.3, 0.4) is 0 Å².